The number of anilines is 11. The molecule has 8 aromatic carbocycles. The molecule has 0 N–H and O–H groups in total. The summed E-state index contributed by atoms with van der Waals surface area (Å²) < 4.78 is 6.48. The summed E-state index contributed by atoms with van der Waals surface area (Å²) in [5.41, 5.74) is 15.2. The lowest BCUT2D eigenvalue weighted by Crippen LogP contribution is -2.32. The summed E-state index contributed by atoms with van der Waals surface area (Å²) in [6, 6.07) is 65.1. The molecular weight excluding hydrogens is 785 g/mol. The van der Waals surface area contributed by atoms with Gasteiger partial charge >= 0.3 is 0 Å². The van der Waals surface area contributed by atoms with Crippen molar-refractivity contribution in [3.8, 4) is 0 Å². The Morgan fingerprint density at radius 2 is 1.03 bits per heavy atom. The van der Waals surface area contributed by atoms with Gasteiger partial charge in [0.15, 0.2) is 0 Å². The molecule has 0 amide bonds. The third-order valence-electron chi connectivity index (χ3n) is 12.6. The minimum atomic E-state index is -0.477. The molecule has 0 unspecified atom stereocenters. The van der Waals surface area contributed by atoms with E-state index < -0.39 is 5.41 Å². The molecule has 2 aliphatic rings. The van der Waals surface area contributed by atoms with Gasteiger partial charge < -0.3 is 24.0 Å². The summed E-state index contributed by atoms with van der Waals surface area (Å²) in [7, 11) is 0. The van der Waals surface area contributed by atoms with Gasteiger partial charge in [0.25, 0.3) is 0 Å². The summed E-state index contributed by atoms with van der Waals surface area (Å²) in [5.74, 6) is 0. The number of fused-ring (bicyclic) bond motifs is 6. The predicted octanol–water partition coefficient (Wildman–Crippen LogP) is 15.7. The second kappa shape index (κ2) is 15.2. The van der Waals surface area contributed by atoms with Crippen molar-refractivity contribution in [1.29, 1.82) is 0 Å². The zero-order valence-corrected chi connectivity index (χ0v) is 35.6. The van der Waals surface area contributed by atoms with E-state index in [0.717, 1.165) is 79.4 Å². The van der Waals surface area contributed by atoms with E-state index in [1.54, 1.807) is 6.08 Å². The Labute approximate surface area is 372 Å². The maximum absolute atomic E-state index is 13.8. The maximum Gasteiger partial charge on any atom is 0.200 e. The lowest BCUT2D eigenvalue weighted by atomic mass is 9.73. The number of benzene rings is 8. The quantitative estimate of drug-likeness (QED) is 0.112. The number of allylic oxidation sites excluding steroid dienone is 3. The fourth-order valence-electron chi connectivity index (χ4n) is 9.66. The zero-order chi connectivity index (χ0) is 43.5. The highest BCUT2D eigenvalue weighted by molar-refractivity contribution is 6.01. The topological polar surface area (TPSA) is 43.2 Å². The third kappa shape index (κ3) is 6.06. The Kier molecular flexibility index (Phi) is 9.17. The monoisotopic (exact) mass is 828 g/mol. The van der Waals surface area contributed by atoms with Crippen molar-refractivity contribution in [1.82, 2.24) is 0 Å². The Hall–Kier alpha value is -8.35. The molecule has 0 atom stereocenters. The van der Waals surface area contributed by atoms with Crippen molar-refractivity contribution in [2.45, 2.75) is 19.3 Å². The lowest BCUT2D eigenvalue weighted by Gasteiger charge is -2.44. The largest absolute Gasteiger partial charge is 0.456 e. The van der Waals surface area contributed by atoms with Crippen molar-refractivity contribution in [3.05, 3.63) is 246 Å². The van der Waals surface area contributed by atoms with Crippen LogP contribution >= 0.6 is 0 Å². The van der Waals surface area contributed by atoms with Gasteiger partial charge in [-0.3, -0.25) is 4.79 Å². The first-order chi connectivity index (χ1) is 31.4. The molecule has 0 fully saturated rings. The molecule has 308 valence electrons. The molecule has 0 radical (unpaired) electrons. The van der Waals surface area contributed by atoms with Gasteiger partial charge in [-0.15, -0.1) is 0 Å². The molecule has 64 heavy (non-hydrogen) atoms. The molecular formula is C58H44N4O2. The highest BCUT2D eigenvalue weighted by Gasteiger charge is 2.39. The molecule has 11 rings (SSSR count). The van der Waals surface area contributed by atoms with E-state index in [2.05, 4.69) is 192 Å². The Balaban J connectivity index is 1.14. The van der Waals surface area contributed by atoms with E-state index in [9.17, 15) is 4.79 Å². The number of hydrogen-bond acceptors (Lipinski definition) is 6. The van der Waals surface area contributed by atoms with Crippen molar-refractivity contribution < 1.29 is 4.42 Å². The van der Waals surface area contributed by atoms with Crippen LogP contribution in [0.3, 0.4) is 0 Å². The standard InChI is InChI=1S/C58H44N4O2/c1-5-19-39(6-2)60-51-25-14-16-27-53(51)62(54-28-17-15-26-52(54)60)43-32-35-50-48(37-43)58(3,4)47-36-42(59(40-20-9-7-10-21-40)41-22-11-8-12-23-41)31-34-49(47)61(50)44-30-33-46-56(38-44)64-55-29-18-13-24-45(55)57(46)63/h5-38H,1-2H2,3-4H3/b39-19+. The summed E-state index contributed by atoms with van der Waals surface area (Å²) in [6.07, 6.45) is 5.68. The van der Waals surface area contributed by atoms with E-state index in [-0.39, 0.29) is 5.43 Å². The van der Waals surface area contributed by atoms with Crippen molar-refractivity contribution in [2.24, 2.45) is 0 Å². The van der Waals surface area contributed by atoms with Crippen LogP contribution in [0.4, 0.5) is 62.6 Å². The van der Waals surface area contributed by atoms with Crippen LogP contribution in [0.1, 0.15) is 25.0 Å². The zero-order valence-electron chi connectivity index (χ0n) is 35.6. The molecule has 6 nitrogen and oxygen atoms in total. The smallest absolute Gasteiger partial charge is 0.200 e. The highest BCUT2D eigenvalue weighted by atomic mass is 16.3. The average molecular weight is 829 g/mol. The van der Waals surface area contributed by atoms with E-state index >= 15 is 0 Å². The molecule has 0 aliphatic carbocycles. The van der Waals surface area contributed by atoms with Crippen LogP contribution in [0.5, 0.6) is 0 Å². The molecule has 6 heteroatoms. The summed E-state index contributed by atoms with van der Waals surface area (Å²) in [6.45, 7) is 12.8. The van der Waals surface area contributed by atoms with Crippen LogP contribution in [-0.4, -0.2) is 0 Å². The fraction of sp³-hybridized carbons (Fsp3) is 0.0517. The van der Waals surface area contributed by atoms with Gasteiger partial charge in [-0.05, 0) is 132 Å². The Morgan fingerprint density at radius 1 is 0.516 bits per heavy atom. The number of rotatable bonds is 8. The van der Waals surface area contributed by atoms with Crippen LogP contribution in [-0.2, 0) is 5.41 Å². The fourth-order valence-corrected chi connectivity index (χ4v) is 9.66. The Morgan fingerprint density at radius 3 is 1.67 bits per heavy atom. The lowest BCUT2D eigenvalue weighted by molar-refractivity contribution is 0.632. The Bertz CT molecular complexity index is 3320. The van der Waals surface area contributed by atoms with Gasteiger partial charge in [-0.2, -0.15) is 0 Å². The van der Waals surface area contributed by atoms with E-state index in [4.69, 9.17) is 4.42 Å². The molecule has 0 bridgehead atoms. The normalized spacial score (nSPS) is 13.8. The van der Waals surface area contributed by atoms with E-state index in [0.29, 0.717) is 21.9 Å². The molecule has 3 heterocycles. The second-order valence-corrected chi connectivity index (χ2v) is 16.7. The molecule has 1 aromatic heterocycles. The number of para-hydroxylation sites is 7. The van der Waals surface area contributed by atoms with Gasteiger partial charge in [0, 0.05) is 45.6 Å². The maximum atomic E-state index is 13.8. The van der Waals surface area contributed by atoms with E-state index in [1.807, 2.05) is 54.6 Å². The second-order valence-electron chi connectivity index (χ2n) is 16.7. The van der Waals surface area contributed by atoms with Crippen LogP contribution < -0.4 is 25.0 Å². The first-order valence-electron chi connectivity index (χ1n) is 21.5. The molecule has 0 saturated carbocycles. The number of hydrogen-bond donors (Lipinski definition) is 0. The van der Waals surface area contributed by atoms with E-state index in [1.165, 1.54) is 0 Å². The van der Waals surface area contributed by atoms with Crippen molar-refractivity contribution in [2.75, 3.05) is 19.6 Å². The van der Waals surface area contributed by atoms with Gasteiger partial charge in [-0.25, -0.2) is 0 Å². The summed E-state index contributed by atoms with van der Waals surface area (Å²) in [5, 5.41) is 1.12. The number of nitrogens with zero attached hydrogens (tertiary/aromatic N) is 4. The van der Waals surface area contributed by atoms with Crippen LogP contribution in [0.25, 0.3) is 21.9 Å². The van der Waals surface area contributed by atoms with Gasteiger partial charge in [-0.1, -0.05) is 106 Å². The van der Waals surface area contributed by atoms with Crippen LogP contribution in [0, 0.1) is 0 Å². The molecule has 0 spiro atoms. The molecule has 2 aliphatic heterocycles. The van der Waals surface area contributed by atoms with Crippen molar-refractivity contribution in [3.63, 3.8) is 0 Å². The third-order valence-corrected chi connectivity index (χ3v) is 12.6. The van der Waals surface area contributed by atoms with Crippen LogP contribution in [0.2, 0.25) is 0 Å². The van der Waals surface area contributed by atoms with Crippen molar-refractivity contribution >= 4 is 84.5 Å². The summed E-state index contributed by atoms with van der Waals surface area (Å²) in [4.78, 5) is 23.0. The SMILES string of the molecule is C=C/C=C(\C=C)N1c2ccccc2N(c2ccc3c(c2)C(C)(C)c2cc(N(c4ccccc4)c4ccccc4)ccc2N3c2ccc3c(=O)c4ccccc4oc3c2)c2ccccc21. The molecule has 0 saturated heterocycles. The predicted molar refractivity (Wildman–Crippen MR) is 267 cm³/mol. The van der Waals surface area contributed by atoms with Gasteiger partial charge in [0.2, 0.25) is 5.43 Å². The van der Waals surface area contributed by atoms with Gasteiger partial charge in [0.05, 0.1) is 44.9 Å². The first-order valence-corrected chi connectivity index (χ1v) is 21.5. The molecule has 9 aromatic rings. The van der Waals surface area contributed by atoms with Gasteiger partial charge in [0.1, 0.15) is 11.2 Å². The van der Waals surface area contributed by atoms with Crippen LogP contribution in [0.15, 0.2) is 234 Å². The minimum absolute atomic E-state index is 0.0407. The first kappa shape index (κ1) is 38.6. The minimum Gasteiger partial charge on any atom is -0.456 e. The average Bonchev–Trinajstić information content (AvgIpc) is 3.33. The highest BCUT2D eigenvalue weighted by Crippen LogP contribution is 2.57. The summed E-state index contributed by atoms with van der Waals surface area (Å²) >= 11 is 0.